The number of amides is 2. The Morgan fingerprint density at radius 2 is 1.50 bits per heavy atom. The minimum atomic E-state index is 0.0444. The fourth-order valence-electron chi connectivity index (χ4n) is 2.16. The summed E-state index contributed by atoms with van der Waals surface area (Å²) in [5.41, 5.74) is 2.16. The largest absolute Gasteiger partial charge is 0.356 e. The molecule has 0 fully saturated rings. The molecule has 0 heterocycles. The van der Waals surface area contributed by atoms with Gasteiger partial charge in [-0.1, -0.05) is 38.8 Å². The molecule has 0 unspecified atom stereocenters. The zero-order valence-electron chi connectivity index (χ0n) is 13.8. The molecule has 4 nitrogen and oxygen atoms in total. The van der Waals surface area contributed by atoms with Gasteiger partial charge in [0.25, 0.3) is 0 Å². The molecule has 0 radical (unpaired) electrons. The summed E-state index contributed by atoms with van der Waals surface area (Å²) in [6.07, 6.45) is 6.65. The van der Waals surface area contributed by atoms with Crippen LogP contribution in [-0.4, -0.2) is 18.4 Å². The van der Waals surface area contributed by atoms with Crippen molar-refractivity contribution in [2.45, 2.75) is 58.8 Å². The van der Waals surface area contributed by atoms with Gasteiger partial charge >= 0.3 is 0 Å². The summed E-state index contributed by atoms with van der Waals surface area (Å²) in [6, 6.07) is 8.08. The van der Waals surface area contributed by atoms with Crippen molar-refractivity contribution in [2.24, 2.45) is 0 Å². The first-order valence-electron chi connectivity index (χ1n) is 8.31. The summed E-state index contributed by atoms with van der Waals surface area (Å²) in [6.45, 7) is 4.50. The van der Waals surface area contributed by atoms with E-state index in [-0.39, 0.29) is 11.8 Å². The second-order valence-corrected chi connectivity index (χ2v) is 5.47. The minimum Gasteiger partial charge on any atom is -0.356 e. The zero-order valence-corrected chi connectivity index (χ0v) is 13.8. The van der Waals surface area contributed by atoms with Gasteiger partial charge in [0, 0.05) is 25.1 Å². The van der Waals surface area contributed by atoms with E-state index in [9.17, 15) is 9.59 Å². The molecule has 1 rings (SSSR count). The van der Waals surface area contributed by atoms with Crippen molar-refractivity contribution in [3.05, 3.63) is 29.8 Å². The molecule has 2 amide bonds. The van der Waals surface area contributed by atoms with Gasteiger partial charge in [-0.25, -0.2) is 0 Å². The van der Waals surface area contributed by atoms with Crippen LogP contribution in [0, 0.1) is 0 Å². The lowest BCUT2D eigenvalue weighted by Crippen LogP contribution is -2.23. The van der Waals surface area contributed by atoms with Crippen LogP contribution in [0.15, 0.2) is 24.3 Å². The van der Waals surface area contributed by atoms with Gasteiger partial charge in [0.05, 0.1) is 0 Å². The summed E-state index contributed by atoms with van der Waals surface area (Å²) >= 11 is 0. The average Bonchev–Trinajstić information content (AvgIpc) is 2.55. The van der Waals surface area contributed by atoms with E-state index in [1.54, 1.807) is 0 Å². The molecule has 2 N–H and O–H groups in total. The molecule has 122 valence electrons. The third kappa shape index (κ3) is 7.81. The van der Waals surface area contributed by atoms with Crippen molar-refractivity contribution < 1.29 is 9.59 Å². The Bertz CT molecular complexity index is 455. The molecule has 0 aliphatic heterocycles. The molecule has 0 aliphatic carbocycles. The number of anilines is 1. The van der Waals surface area contributed by atoms with Crippen LogP contribution in [0.4, 0.5) is 5.69 Å². The minimum absolute atomic E-state index is 0.0444. The second-order valence-electron chi connectivity index (χ2n) is 5.47. The molecule has 1 aromatic rings. The Balaban J connectivity index is 2.12. The molecule has 0 atom stereocenters. The molecule has 1 aromatic carbocycles. The van der Waals surface area contributed by atoms with Crippen LogP contribution in [0.2, 0.25) is 0 Å². The second kappa shape index (κ2) is 10.8. The van der Waals surface area contributed by atoms with Crippen molar-refractivity contribution in [3.63, 3.8) is 0 Å². The van der Waals surface area contributed by atoms with Gasteiger partial charge in [0.15, 0.2) is 0 Å². The fraction of sp³-hybridized carbons (Fsp3) is 0.556. The number of aryl methyl sites for hydroxylation is 1. The third-order valence-corrected chi connectivity index (χ3v) is 3.59. The highest BCUT2D eigenvalue weighted by atomic mass is 16.2. The van der Waals surface area contributed by atoms with Crippen molar-refractivity contribution in [1.82, 2.24) is 5.32 Å². The van der Waals surface area contributed by atoms with Gasteiger partial charge in [0.2, 0.25) is 11.8 Å². The summed E-state index contributed by atoms with van der Waals surface area (Å²) in [7, 11) is 0. The maximum atomic E-state index is 11.3. The van der Waals surface area contributed by atoms with Crippen LogP contribution in [-0.2, 0) is 16.0 Å². The molecular formula is C18H28N2O2. The molecular weight excluding hydrogens is 276 g/mol. The van der Waals surface area contributed by atoms with Crippen molar-refractivity contribution >= 4 is 17.5 Å². The van der Waals surface area contributed by atoms with Crippen LogP contribution in [0.5, 0.6) is 0 Å². The fourth-order valence-corrected chi connectivity index (χ4v) is 2.16. The highest BCUT2D eigenvalue weighted by molar-refractivity contribution is 5.90. The van der Waals surface area contributed by atoms with E-state index in [0.717, 1.165) is 37.9 Å². The van der Waals surface area contributed by atoms with E-state index in [1.807, 2.05) is 26.0 Å². The summed E-state index contributed by atoms with van der Waals surface area (Å²) < 4.78 is 0. The Hall–Kier alpha value is -1.84. The van der Waals surface area contributed by atoms with Crippen LogP contribution >= 0.6 is 0 Å². The van der Waals surface area contributed by atoms with Gasteiger partial charge in [-0.2, -0.15) is 0 Å². The Morgan fingerprint density at radius 1 is 0.864 bits per heavy atom. The van der Waals surface area contributed by atoms with E-state index < -0.39 is 0 Å². The quantitative estimate of drug-likeness (QED) is 0.648. The predicted octanol–water partition coefficient (Wildman–Crippen LogP) is 3.66. The molecule has 0 saturated carbocycles. The average molecular weight is 304 g/mol. The molecule has 0 saturated heterocycles. The lowest BCUT2D eigenvalue weighted by atomic mass is 10.1. The lowest BCUT2D eigenvalue weighted by Gasteiger charge is -2.06. The van der Waals surface area contributed by atoms with Crippen molar-refractivity contribution in [2.75, 3.05) is 11.9 Å². The number of carbonyl (C=O) groups is 2. The van der Waals surface area contributed by atoms with E-state index in [4.69, 9.17) is 0 Å². The predicted molar refractivity (Wildman–Crippen MR) is 90.8 cm³/mol. The van der Waals surface area contributed by atoms with E-state index >= 15 is 0 Å². The molecule has 4 heteroatoms. The summed E-state index contributed by atoms with van der Waals surface area (Å²) in [5, 5.41) is 5.74. The SMILES string of the molecule is CCC(=O)NCCCCCCc1ccc(NC(=O)CC)cc1. The molecule has 0 aromatic heterocycles. The number of unbranched alkanes of at least 4 members (excludes halogenated alkanes) is 3. The highest BCUT2D eigenvalue weighted by Gasteiger charge is 2.00. The lowest BCUT2D eigenvalue weighted by molar-refractivity contribution is -0.120. The van der Waals surface area contributed by atoms with Gasteiger partial charge in [-0.3, -0.25) is 9.59 Å². The monoisotopic (exact) mass is 304 g/mol. The number of nitrogens with one attached hydrogen (secondary N) is 2. The van der Waals surface area contributed by atoms with Crippen LogP contribution in [0.1, 0.15) is 57.9 Å². The number of rotatable bonds is 10. The number of hydrogen-bond donors (Lipinski definition) is 2. The zero-order chi connectivity index (χ0) is 16.2. The van der Waals surface area contributed by atoms with Crippen molar-refractivity contribution in [1.29, 1.82) is 0 Å². The number of carbonyl (C=O) groups excluding carboxylic acids is 2. The maximum Gasteiger partial charge on any atom is 0.224 e. The first-order chi connectivity index (χ1) is 10.7. The van der Waals surface area contributed by atoms with Gasteiger partial charge in [-0.15, -0.1) is 0 Å². The Kier molecular flexibility index (Phi) is 8.96. The Morgan fingerprint density at radius 3 is 2.14 bits per heavy atom. The van der Waals surface area contributed by atoms with Crippen LogP contribution in [0.25, 0.3) is 0 Å². The first-order valence-corrected chi connectivity index (χ1v) is 8.31. The number of hydrogen-bond acceptors (Lipinski definition) is 2. The van der Waals surface area contributed by atoms with Crippen molar-refractivity contribution in [3.8, 4) is 0 Å². The van der Waals surface area contributed by atoms with Crippen LogP contribution in [0.3, 0.4) is 0 Å². The number of benzene rings is 1. The van der Waals surface area contributed by atoms with Gasteiger partial charge < -0.3 is 10.6 Å². The molecule has 0 aliphatic rings. The van der Waals surface area contributed by atoms with E-state index in [2.05, 4.69) is 22.8 Å². The molecule has 0 spiro atoms. The standard InChI is InChI=1S/C18H28N2O2/c1-3-17(21)19-14-8-6-5-7-9-15-10-12-16(13-11-15)20-18(22)4-2/h10-13H,3-9,14H2,1-2H3,(H,19,21)(H,20,22). The first kappa shape index (κ1) is 18.2. The maximum absolute atomic E-state index is 11.3. The Labute approximate surface area is 133 Å². The van der Waals surface area contributed by atoms with Gasteiger partial charge in [0.1, 0.15) is 0 Å². The van der Waals surface area contributed by atoms with Crippen LogP contribution < -0.4 is 10.6 Å². The van der Waals surface area contributed by atoms with Gasteiger partial charge in [-0.05, 0) is 37.0 Å². The third-order valence-electron chi connectivity index (χ3n) is 3.59. The van der Waals surface area contributed by atoms with E-state index in [1.165, 1.54) is 12.0 Å². The summed E-state index contributed by atoms with van der Waals surface area (Å²) in [4.78, 5) is 22.3. The summed E-state index contributed by atoms with van der Waals surface area (Å²) in [5.74, 6) is 0.179. The normalized spacial score (nSPS) is 10.3. The van der Waals surface area contributed by atoms with E-state index in [0.29, 0.717) is 12.8 Å². The topological polar surface area (TPSA) is 58.2 Å². The smallest absolute Gasteiger partial charge is 0.224 e. The highest BCUT2D eigenvalue weighted by Crippen LogP contribution is 2.13. The molecule has 0 bridgehead atoms. The molecule has 22 heavy (non-hydrogen) atoms.